The van der Waals surface area contributed by atoms with Crippen LogP contribution in [-0.4, -0.2) is 20.1 Å². The molecule has 0 radical (unpaired) electrons. The third kappa shape index (κ3) is 2.30. The fourth-order valence-electron chi connectivity index (χ4n) is 2.93. The van der Waals surface area contributed by atoms with Gasteiger partial charge in [0.25, 0.3) is 10.0 Å². The Morgan fingerprint density at radius 1 is 1.09 bits per heavy atom. The highest BCUT2D eigenvalue weighted by atomic mass is 32.2. The van der Waals surface area contributed by atoms with Gasteiger partial charge in [-0.3, -0.25) is 4.31 Å². The average Bonchev–Trinajstić information content (AvgIpc) is 2.94. The van der Waals surface area contributed by atoms with Crippen LogP contribution in [0.25, 0.3) is 0 Å². The molecule has 0 unspecified atom stereocenters. The van der Waals surface area contributed by atoms with Crippen LogP contribution in [0.1, 0.15) is 22.3 Å². The van der Waals surface area contributed by atoms with Crippen molar-refractivity contribution in [3.8, 4) is 0 Å². The van der Waals surface area contributed by atoms with E-state index in [9.17, 15) is 13.5 Å². The van der Waals surface area contributed by atoms with Gasteiger partial charge in [-0.05, 0) is 55.2 Å². The Kier molecular flexibility index (Phi) is 3.70. The molecule has 116 valence electrons. The van der Waals surface area contributed by atoms with Crippen molar-refractivity contribution in [1.29, 1.82) is 0 Å². The van der Waals surface area contributed by atoms with Gasteiger partial charge < -0.3 is 5.11 Å². The Balaban J connectivity index is 2.06. The Morgan fingerprint density at radius 3 is 2.41 bits per heavy atom. The monoisotopic (exact) mass is 317 g/mol. The van der Waals surface area contributed by atoms with Crippen LogP contribution in [0.4, 0.5) is 5.69 Å². The van der Waals surface area contributed by atoms with Crippen molar-refractivity contribution in [2.75, 3.05) is 10.8 Å². The van der Waals surface area contributed by atoms with Gasteiger partial charge in [0.1, 0.15) is 0 Å². The molecule has 0 fully saturated rings. The Labute approximate surface area is 131 Å². The summed E-state index contributed by atoms with van der Waals surface area (Å²) in [6.45, 7) is 4.29. The van der Waals surface area contributed by atoms with Crippen LogP contribution in [0.3, 0.4) is 0 Å². The molecule has 0 atom stereocenters. The molecule has 4 nitrogen and oxygen atoms in total. The lowest BCUT2D eigenvalue weighted by Gasteiger charge is -2.20. The highest BCUT2D eigenvalue weighted by Gasteiger charge is 2.31. The van der Waals surface area contributed by atoms with E-state index >= 15 is 0 Å². The molecular weight excluding hydrogens is 298 g/mol. The molecule has 1 aliphatic heterocycles. The van der Waals surface area contributed by atoms with Crippen molar-refractivity contribution in [3.63, 3.8) is 0 Å². The maximum Gasteiger partial charge on any atom is 0.264 e. The first kappa shape index (κ1) is 15.1. The summed E-state index contributed by atoms with van der Waals surface area (Å²) in [6.07, 6.45) is 0.681. The average molecular weight is 317 g/mol. The summed E-state index contributed by atoms with van der Waals surface area (Å²) in [6, 6.07) is 10.5. The smallest absolute Gasteiger partial charge is 0.264 e. The number of aliphatic hydroxyl groups is 1. The first-order valence-electron chi connectivity index (χ1n) is 7.27. The van der Waals surface area contributed by atoms with Crippen LogP contribution >= 0.6 is 0 Å². The number of fused-ring (bicyclic) bond motifs is 1. The molecule has 0 amide bonds. The number of sulfonamides is 1. The SMILES string of the molecule is Cc1ccc(S(=O)(=O)N2CCc3c2ccc(CO)c3C)cc1. The molecule has 0 aliphatic carbocycles. The van der Waals surface area contributed by atoms with Crippen LogP contribution in [0.2, 0.25) is 0 Å². The van der Waals surface area contributed by atoms with Gasteiger partial charge in [-0.25, -0.2) is 8.42 Å². The van der Waals surface area contributed by atoms with Crippen molar-refractivity contribution < 1.29 is 13.5 Å². The molecule has 1 N–H and O–H groups in total. The summed E-state index contributed by atoms with van der Waals surface area (Å²) in [5.41, 5.74) is 4.62. The first-order chi connectivity index (χ1) is 10.4. The number of benzene rings is 2. The van der Waals surface area contributed by atoms with Gasteiger partial charge in [-0.1, -0.05) is 23.8 Å². The van der Waals surface area contributed by atoms with Gasteiger partial charge >= 0.3 is 0 Å². The summed E-state index contributed by atoms with van der Waals surface area (Å²) < 4.78 is 27.2. The molecule has 3 rings (SSSR count). The van der Waals surface area contributed by atoms with Crippen molar-refractivity contribution >= 4 is 15.7 Å². The van der Waals surface area contributed by atoms with Crippen molar-refractivity contribution in [2.24, 2.45) is 0 Å². The van der Waals surface area contributed by atoms with Gasteiger partial charge in [-0.2, -0.15) is 0 Å². The molecule has 2 aromatic rings. The second-order valence-corrected chi connectivity index (χ2v) is 7.51. The van der Waals surface area contributed by atoms with Crippen LogP contribution in [0.5, 0.6) is 0 Å². The minimum absolute atomic E-state index is 0.0240. The van der Waals surface area contributed by atoms with E-state index in [1.54, 1.807) is 24.3 Å². The van der Waals surface area contributed by atoms with Crippen molar-refractivity contribution in [1.82, 2.24) is 0 Å². The number of nitrogens with zero attached hydrogens (tertiary/aromatic N) is 1. The number of hydrogen-bond acceptors (Lipinski definition) is 3. The molecule has 0 aromatic heterocycles. The Hall–Kier alpha value is -1.85. The number of hydrogen-bond donors (Lipinski definition) is 1. The highest BCUT2D eigenvalue weighted by molar-refractivity contribution is 7.92. The third-order valence-corrected chi connectivity index (χ3v) is 6.13. The lowest BCUT2D eigenvalue weighted by atomic mass is 10.0. The van der Waals surface area contributed by atoms with Gasteiger partial charge in [0, 0.05) is 6.54 Å². The van der Waals surface area contributed by atoms with Crippen LogP contribution in [0, 0.1) is 13.8 Å². The van der Waals surface area contributed by atoms with Crippen LogP contribution < -0.4 is 4.31 Å². The Bertz CT molecular complexity index is 811. The predicted molar refractivity (Wildman–Crippen MR) is 86.5 cm³/mol. The largest absolute Gasteiger partial charge is 0.392 e. The summed E-state index contributed by atoms with van der Waals surface area (Å²) in [4.78, 5) is 0.315. The number of aryl methyl sites for hydroxylation is 1. The van der Waals surface area contributed by atoms with E-state index < -0.39 is 10.0 Å². The lowest BCUT2D eigenvalue weighted by Crippen LogP contribution is -2.29. The highest BCUT2D eigenvalue weighted by Crippen LogP contribution is 2.36. The van der Waals surface area contributed by atoms with E-state index in [2.05, 4.69) is 0 Å². The Morgan fingerprint density at radius 2 is 1.77 bits per heavy atom. The second-order valence-electron chi connectivity index (χ2n) is 5.65. The van der Waals surface area contributed by atoms with E-state index in [1.165, 1.54) is 4.31 Å². The molecule has 1 aliphatic rings. The number of rotatable bonds is 3. The molecule has 22 heavy (non-hydrogen) atoms. The van der Waals surface area contributed by atoms with E-state index in [-0.39, 0.29) is 6.61 Å². The van der Waals surface area contributed by atoms with Gasteiger partial charge in [0.15, 0.2) is 0 Å². The zero-order valence-corrected chi connectivity index (χ0v) is 13.5. The number of anilines is 1. The molecule has 2 aromatic carbocycles. The molecule has 0 spiro atoms. The van der Waals surface area contributed by atoms with Crippen LogP contribution in [0.15, 0.2) is 41.3 Å². The topological polar surface area (TPSA) is 57.6 Å². The molecule has 0 saturated heterocycles. The minimum Gasteiger partial charge on any atom is -0.392 e. The van der Waals surface area contributed by atoms with Crippen molar-refractivity contribution in [2.45, 2.75) is 31.8 Å². The maximum absolute atomic E-state index is 12.9. The summed E-state index contributed by atoms with van der Waals surface area (Å²) in [7, 11) is -3.53. The third-order valence-electron chi connectivity index (χ3n) is 4.30. The molecule has 5 heteroatoms. The molecule has 0 bridgehead atoms. The van der Waals surface area contributed by atoms with E-state index in [0.29, 0.717) is 17.9 Å². The van der Waals surface area contributed by atoms with Gasteiger partial charge in [-0.15, -0.1) is 0 Å². The molecular formula is C17H19NO3S. The van der Waals surface area contributed by atoms with Gasteiger partial charge in [0.05, 0.1) is 17.2 Å². The summed E-state index contributed by atoms with van der Waals surface area (Å²) in [5, 5.41) is 9.35. The maximum atomic E-state index is 12.9. The fourth-order valence-corrected chi connectivity index (χ4v) is 4.43. The van der Waals surface area contributed by atoms with Crippen LogP contribution in [-0.2, 0) is 23.1 Å². The minimum atomic E-state index is -3.53. The van der Waals surface area contributed by atoms with E-state index in [0.717, 1.165) is 27.9 Å². The standard InChI is InChI=1S/C17H19NO3S/c1-12-3-6-15(7-4-12)22(20,21)18-10-9-16-13(2)14(11-19)5-8-17(16)18/h3-8,19H,9-11H2,1-2H3. The zero-order valence-electron chi connectivity index (χ0n) is 12.7. The van der Waals surface area contributed by atoms with Gasteiger partial charge in [0.2, 0.25) is 0 Å². The predicted octanol–water partition coefficient (Wildman–Crippen LogP) is 2.55. The normalized spacial score (nSPS) is 14.2. The summed E-state index contributed by atoms with van der Waals surface area (Å²) in [5.74, 6) is 0. The van der Waals surface area contributed by atoms with E-state index in [1.807, 2.05) is 26.0 Å². The second kappa shape index (κ2) is 5.41. The lowest BCUT2D eigenvalue weighted by molar-refractivity contribution is 0.281. The zero-order chi connectivity index (χ0) is 15.9. The first-order valence-corrected chi connectivity index (χ1v) is 8.71. The van der Waals surface area contributed by atoms with E-state index in [4.69, 9.17) is 0 Å². The fraction of sp³-hybridized carbons (Fsp3) is 0.294. The molecule has 0 saturated carbocycles. The number of aliphatic hydroxyl groups excluding tert-OH is 1. The quantitative estimate of drug-likeness (QED) is 0.946. The van der Waals surface area contributed by atoms with Crippen molar-refractivity contribution in [3.05, 3.63) is 58.7 Å². The molecule has 1 heterocycles. The summed E-state index contributed by atoms with van der Waals surface area (Å²) >= 11 is 0.